The van der Waals surface area contributed by atoms with Crippen LogP contribution >= 0.6 is 11.8 Å². The molecule has 0 bridgehead atoms. The second kappa shape index (κ2) is 10.6. The zero-order chi connectivity index (χ0) is 23.2. The SMILES string of the molecule is Cc1noc(CSc2ccc(C(=O)N3CCN(CC(=O)Nc4ccc(F)cc4)CC3)cc2)n1. The highest BCUT2D eigenvalue weighted by Gasteiger charge is 2.23. The molecule has 1 aliphatic rings. The summed E-state index contributed by atoms with van der Waals surface area (Å²) in [4.78, 5) is 34.1. The number of anilines is 1. The van der Waals surface area contributed by atoms with Crippen LogP contribution in [0.2, 0.25) is 0 Å². The van der Waals surface area contributed by atoms with E-state index in [-0.39, 0.29) is 24.2 Å². The van der Waals surface area contributed by atoms with Crippen LogP contribution in [-0.2, 0) is 10.5 Å². The van der Waals surface area contributed by atoms with Gasteiger partial charge in [-0.3, -0.25) is 14.5 Å². The molecular formula is C23H24FN5O3S. The molecule has 3 aromatic rings. The van der Waals surface area contributed by atoms with Crippen molar-refractivity contribution >= 4 is 29.3 Å². The second-order valence-electron chi connectivity index (χ2n) is 7.67. The molecule has 172 valence electrons. The number of hydrogen-bond donors (Lipinski definition) is 1. The maximum absolute atomic E-state index is 13.0. The van der Waals surface area contributed by atoms with Crippen molar-refractivity contribution in [1.82, 2.24) is 19.9 Å². The van der Waals surface area contributed by atoms with Gasteiger partial charge in [-0.2, -0.15) is 4.98 Å². The molecule has 0 spiro atoms. The van der Waals surface area contributed by atoms with Crippen molar-refractivity contribution in [2.24, 2.45) is 0 Å². The van der Waals surface area contributed by atoms with E-state index in [0.29, 0.717) is 54.9 Å². The van der Waals surface area contributed by atoms with E-state index in [1.165, 1.54) is 24.3 Å². The second-order valence-corrected chi connectivity index (χ2v) is 8.72. The number of thioether (sulfide) groups is 1. The van der Waals surface area contributed by atoms with Gasteiger partial charge in [-0.15, -0.1) is 11.8 Å². The van der Waals surface area contributed by atoms with Crippen LogP contribution in [0.4, 0.5) is 10.1 Å². The fraction of sp³-hybridized carbons (Fsp3) is 0.304. The molecule has 2 heterocycles. The minimum atomic E-state index is -0.346. The molecule has 4 rings (SSSR count). The van der Waals surface area contributed by atoms with E-state index in [0.717, 1.165) is 4.90 Å². The summed E-state index contributed by atoms with van der Waals surface area (Å²) >= 11 is 1.57. The van der Waals surface area contributed by atoms with Crippen molar-refractivity contribution < 1.29 is 18.5 Å². The van der Waals surface area contributed by atoms with E-state index in [1.54, 1.807) is 23.6 Å². The van der Waals surface area contributed by atoms with Crippen molar-refractivity contribution in [2.75, 3.05) is 38.0 Å². The predicted octanol–water partition coefficient (Wildman–Crippen LogP) is 3.21. The van der Waals surface area contributed by atoms with E-state index in [1.807, 2.05) is 29.2 Å². The topological polar surface area (TPSA) is 91.6 Å². The summed E-state index contributed by atoms with van der Waals surface area (Å²) < 4.78 is 18.1. The number of nitrogens with zero attached hydrogens (tertiary/aromatic N) is 4. The Morgan fingerprint density at radius 1 is 1.06 bits per heavy atom. The molecule has 1 aliphatic heterocycles. The minimum Gasteiger partial charge on any atom is -0.338 e. The summed E-state index contributed by atoms with van der Waals surface area (Å²) in [6.07, 6.45) is 0. The van der Waals surface area contributed by atoms with Gasteiger partial charge < -0.3 is 14.7 Å². The Labute approximate surface area is 195 Å². The average molecular weight is 470 g/mol. The van der Waals surface area contributed by atoms with Crippen LogP contribution in [0.1, 0.15) is 22.1 Å². The molecule has 33 heavy (non-hydrogen) atoms. The number of halogens is 1. The van der Waals surface area contributed by atoms with Gasteiger partial charge in [0.25, 0.3) is 5.91 Å². The van der Waals surface area contributed by atoms with Gasteiger partial charge in [0.2, 0.25) is 11.8 Å². The number of aryl methyl sites for hydroxylation is 1. The summed E-state index contributed by atoms with van der Waals surface area (Å²) in [6.45, 7) is 4.33. The number of benzene rings is 2. The number of carbonyl (C=O) groups is 2. The zero-order valence-electron chi connectivity index (χ0n) is 18.2. The molecule has 0 unspecified atom stereocenters. The predicted molar refractivity (Wildman–Crippen MR) is 122 cm³/mol. The van der Waals surface area contributed by atoms with Gasteiger partial charge in [0.05, 0.1) is 12.3 Å². The van der Waals surface area contributed by atoms with Gasteiger partial charge in [-0.05, 0) is 55.5 Å². The van der Waals surface area contributed by atoms with Gasteiger partial charge in [-0.25, -0.2) is 4.39 Å². The number of hydrogen-bond acceptors (Lipinski definition) is 7. The van der Waals surface area contributed by atoms with Crippen LogP contribution in [-0.4, -0.2) is 64.5 Å². The average Bonchev–Trinajstić information content (AvgIpc) is 3.24. The maximum atomic E-state index is 13.0. The lowest BCUT2D eigenvalue weighted by Gasteiger charge is -2.34. The first-order valence-corrected chi connectivity index (χ1v) is 11.5. The van der Waals surface area contributed by atoms with Crippen molar-refractivity contribution in [3.8, 4) is 0 Å². The molecule has 2 aromatic carbocycles. The van der Waals surface area contributed by atoms with Gasteiger partial charge in [0, 0.05) is 42.3 Å². The lowest BCUT2D eigenvalue weighted by Crippen LogP contribution is -2.50. The highest BCUT2D eigenvalue weighted by Crippen LogP contribution is 2.23. The molecule has 1 fully saturated rings. The molecule has 1 N–H and O–H groups in total. The maximum Gasteiger partial charge on any atom is 0.253 e. The third kappa shape index (κ3) is 6.39. The van der Waals surface area contributed by atoms with Crippen LogP contribution in [0, 0.1) is 12.7 Å². The van der Waals surface area contributed by atoms with E-state index in [4.69, 9.17) is 4.52 Å². The molecule has 8 nitrogen and oxygen atoms in total. The monoisotopic (exact) mass is 469 g/mol. The number of piperazine rings is 1. The first-order valence-electron chi connectivity index (χ1n) is 10.6. The van der Waals surface area contributed by atoms with E-state index >= 15 is 0 Å². The summed E-state index contributed by atoms with van der Waals surface area (Å²) in [5.74, 6) is 1.23. The van der Waals surface area contributed by atoms with Crippen molar-refractivity contribution in [3.05, 3.63) is 71.6 Å². The Kier molecular flexibility index (Phi) is 7.36. The van der Waals surface area contributed by atoms with Crippen LogP contribution < -0.4 is 5.32 Å². The van der Waals surface area contributed by atoms with Gasteiger partial charge in [0.1, 0.15) is 5.82 Å². The molecular weight excluding hydrogens is 445 g/mol. The summed E-state index contributed by atoms with van der Waals surface area (Å²) in [5.41, 5.74) is 1.19. The smallest absolute Gasteiger partial charge is 0.253 e. The van der Waals surface area contributed by atoms with Crippen molar-refractivity contribution in [1.29, 1.82) is 0 Å². The van der Waals surface area contributed by atoms with Crippen LogP contribution in [0.3, 0.4) is 0 Å². The number of nitrogens with one attached hydrogen (secondary N) is 1. The normalized spacial score (nSPS) is 14.3. The molecule has 0 aliphatic carbocycles. The van der Waals surface area contributed by atoms with Crippen molar-refractivity contribution in [2.45, 2.75) is 17.6 Å². The summed E-state index contributed by atoms with van der Waals surface area (Å²) in [5, 5.41) is 6.53. The molecule has 10 heteroatoms. The Morgan fingerprint density at radius 2 is 1.76 bits per heavy atom. The van der Waals surface area contributed by atoms with Crippen LogP contribution in [0.25, 0.3) is 0 Å². The van der Waals surface area contributed by atoms with Crippen LogP contribution in [0.5, 0.6) is 0 Å². The number of rotatable bonds is 7. The molecule has 1 saturated heterocycles. The summed E-state index contributed by atoms with van der Waals surface area (Å²) in [6, 6.07) is 13.1. The van der Waals surface area contributed by atoms with E-state index < -0.39 is 0 Å². The number of carbonyl (C=O) groups excluding carboxylic acids is 2. The summed E-state index contributed by atoms with van der Waals surface area (Å²) in [7, 11) is 0. The van der Waals surface area contributed by atoms with Crippen molar-refractivity contribution in [3.63, 3.8) is 0 Å². The Hall–Kier alpha value is -3.24. The third-order valence-electron chi connectivity index (χ3n) is 5.19. The van der Waals surface area contributed by atoms with E-state index in [9.17, 15) is 14.0 Å². The lowest BCUT2D eigenvalue weighted by molar-refractivity contribution is -0.117. The number of amides is 2. The molecule has 2 amide bonds. The fourth-order valence-electron chi connectivity index (χ4n) is 3.47. The molecule has 0 radical (unpaired) electrons. The highest BCUT2D eigenvalue weighted by molar-refractivity contribution is 7.98. The molecule has 1 aromatic heterocycles. The van der Waals surface area contributed by atoms with Gasteiger partial charge in [-0.1, -0.05) is 5.16 Å². The highest BCUT2D eigenvalue weighted by atomic mass is 32.2. The largest absolute Gasteiger partial charge is 0.338 e. The zero-order valence-corrected chi connectivity index (χ0v) is 19.0. The van der Waals surface area contributed by atoms with Gasteiger partial charge >= 0.3 is 0 Å². The molecule has 0 atom stereocenters. The van der Waals surface area contributed by atoms with Crippen LogP contribution in [0.15, 0.2) is 57.9 Å². The Bertz CT molecular complexity index is 1100. The first kappa shape index (κ1) is 22.9. The Balaban J connectivity index is 1.22. The quantitative estimate of drug-likeness (QED) is 0.531. The van der Waals surface area contributed by atoms with E-state index in [2.05, 4.69) is 15.5 Å². The first-order chi connectivity index (χ1) is 16.0. The fourth-order valence-corrected chi connectivity index (χ4v) is 4.20. The lowest BCUT2D eigenvalue weighted by atomic mass is 10.2. The molecule has 0 saturated carbocycles. The minimum absolute atomic E-state index is 0.0190. The standard InChI is InChI=1S/C23H24FN5O3S/c1-16-25-22(32-27-16)15-33-20-8-2-17(3-9-20)23(31)29-12-10-28(11-13-29)14-21(30)26-19-6-4-18(24)5-7-19/h2-9H,10-15H2,1H3,(H,26,30). The third-order valence-corrected chi connectivity index (χ3v) is 6.18. The Morgan fingerprint density at radius 3 is 2.39 bits per heavy atom. The van der Waals surface area contributed by atoms with Gasteiger partial charge in [0.15, 0.2) is 5.82 Å². The number of aromatic nitrogens is 2.